The Kier molecular flexibility index (Phi) is 8.13. The molecule has 9 nitrogen and oxygen atoms in total. The Labute approximate surface area is 224 Å². The van der Waals surface area contributed by atoms with Gasteiger partial charge in [0.1, 0.15) is 10.8 Å². The average Bonchev–Trinajstić information content (AvgIpc) is 3.41. The predicted molar refractivity (Wildman–Crippen MR) is 139 cm³/mol. The molecule has 1 aromatic carbocycles. The Balaban J connectivity index is 1.52. The van der Waals surface area contributed by atoms with E-state index in [2.05, 4.69) is 31.4 Å². The van der Waals surface area contributed by atoms with Crippen molar-refractivity contribution in [2.45, 2.75) is 52.0 Å². The fourth-order valence-electron chi connectivity index (χ4n) is 4.38. The molecule has 37 heavy (non-hydrogen) atoms. The summed E-state index contributed by atoms with van der Waals surface area (Å²) in [4.78, 5) is 26.9. The molecule has 1 N–H and O–H groups in total. The molecule has 0 fully saturated rings. The number of hydrogen-bond donors (Lipinski definition) is 1. The van der Waals surface area contributed by atoms with Gasteiger partial charge < -0.3 is 24.4 Å². The monoisotopic (exact) mass is 545 g/mol. The van der Waals surface area contributed by atoms with Crippen molar-refractivity contribution < 1.29 is 33.4 Å². The number of nitrogens with one attached hydrogen (secondary N) is 1. The van der Waals surface area contributed by atoms with Gasteiger partial charge in [-0.15, -0.1) is 11.3 Å². The highest BCUT2D eigenvalue weighted by molar-refractivity contribution is 7.99. The van der Waals surface area contributed by atoms with E-state index in [1.807, 2.05) is 0 Å². The zero-order valence-corrected chi connectivity index (χ0v) is 23.2. The van der Waals surface area contributed by atoms with Gasteiger partial charge in [0, 0.05) is 17.0 Å². The number of carbonyl (C=O) groups excluding carboxylic acids is 2. The standard InChI is InChI=1S/C26H31N3O6S2/c1-6-34-24(31)21-18-12-7-15(26(2,3)4)13-19(18)37-22(21)27-20(30)14-36-23-25(32)35-28-29(23)16-8-10-17(33-5)11-9-16/h8-11,15H,6-7,12-14H2,1-5H3,(H-,27,28,30,31,32). The minimum Gasteiger partial charge on any atom is -0.538 e. The number of methoxy groups -OCH3 is 1. The van der Waals surface area contributed by atoms with Gasteiger partial charge >= 0.3 is 5.97 Å². The molecule has 0 radical (unpaired) electrons. The van der Waals surface area contributed by atoms with Crippen molar-refractivity contribution in [2.75, 3.05) is 24.8 Å². The third-order valence-corrected chi connectivity index (χ3v) is 8.64. The maximum absolute atomic E-state index is 13.0. The molecule has 11 heteroatoms. The molecule has 198 valence electrons. The summed E-state index contributed by atoms with van der Waals surface area (Å²) in [6.45, 7) is 8.71. The van der Waals surface area contributed by atoms with Crippen molar-refractivity contribution in [3.05, 3.63) is 40.3 Å². The van der Waals surface area contributed by atoms with Gasteiger partial charge in [0.2, 0.25) is 11.6 Å². The number of esters is 1. The Hall–Kier alpha value is -3.05. The smallest absolute Gasteiger partial charge is 0.341 e. The summed E-state index contributed by atoms with van der Waals surface area (Å²) in [5, 5.41) is 19.7. The summed E-state index contributed by atoms with van der Waals surface area (Å²) >= 11 is 2.46. The third-order valence-electron chi connectivity index (χ3n) is 6.45. The summed E-state index contributed by atoms with van der Waals surface area (Å²) < 4.78 is 16.7. The molecule has 0 aliphatic heterocycles. The van der Waals surface area contributed by atoms with Gasteiger partial charge in [-0.1, -0.05) is 20.8 Å². The SMILES string of the molecule is CCOC(=O)c1c(NC(=O)CSc2c([O-])on[n+]2-c2ccc(OC)cc2)sc2c1CCC(C(C)(C)C)C2. The van der Waals surface area contributed by atoms with Crippen LogP contribution in [0, 0.1) is 11.3 Å². The number of fused-ring (bicyclic) bond motifs is 1. The number of anilines is 1. The molecule has 0 bridgehead atoms. The van der Waals surface area contributed by atoms with Crippen molar-refractivity contribution in [3.63, 3.8) is 0 Å². The van der Waals surface area contributed by atoms with E-state index in [1.54, 1.807) is 38.3 Å². The van der Waals surface area contributed by atoms with Crippen molar-refractivity contribution in [1.82, 2.24) is 5.27 Å². The van der Waals surface area contributed by atoms with E-state index < -0.39 is 11.9 Å². The molecule has 3 aromatic rings. The van der Waals surface area contributed by atoms with Crippen LogP contribution in [0.25, 0.3) is 5.69 Å². The van der Waals surface area contributed by atoms with Gasteiger partial charge in [-0.3, -0.25) is 4.79 Å². The summed E-state index contributed by atoms with van der Waals surface area (Å²) in [6, 6.07) is 6.94. The quantitative estimate of drug-likeness (QED) is 0.255. The first kappa shape index (κ1) is 27.0. The van der Waals surface area contributed by atoms with Crippen molar-refractivity contribution in [2.24, 2.45) is 11.3 Å². The second-order valence-corrected chi connectivity index (χ2v) is 11.9. The maximum Gasteiger partial charge on any atom is 0.341 e. The minimum absolute atomic E-state index is 0.0674. The van der Waals surface area contributed by atoms with E-state index in [-0.39, 0.29) is 28.7 Å². The number of benzene rings is 1. The van der Waals surface area contributed by atoms with Gasteiger partial charge in [-0.05, 0) is 71.7 Å². The molecule has 2 heterocycles. The minimum atomic E-state index is -0.638. The second kappa shape index (κ2) is 11.1. The third kappa shape index (κ3) is 5.93. The van der Waals surface area contributed by atoms with Gasteiger partial charge in [0.15, 0.2) is 5.95 Å². The van der Waals surface area contributed by atoms with Gasteiger partial charge in [-0.25, -0.2) is 4.79 Å². The summed E-state index contributed by atoms with van der Waals surface area (Å²) in [5.74, 6) is -0.319. The molecule has 1 aliphatic carbocycles. The summed E-state index contributed by atoms with van der Waals surface area (Å²) in [5.41, 5.74) is 2.18. The second-order valence-electron chi connectivity index (χ2n) is 9.85. The van der Waals surface area contributed by atoms with Crippen LogP contribution in [0.3, 0.4) is 0 Å². The van der Waals surface area contributed by atoms with E-state index in [0.29, 0.717) is 27.9 Å². The number of rotatable bonds is 8. The number of aromatic nitrogens is 2. The topological polar surface area (TPSA) is 118 Å². The van der Waals surface area contributed by atoms with Crippen LogP contribution in [0.15, 0.2) is 33.8 Å². The Morgan fingerprint density at radius 2 is 2.03 bits per heavy atom. The predicted octanol–water partition coefficient (Wildman–Crippen LogP) is 4.15. The highest BCUT2D eigenvalue weighted by Gasteiger charge is 2.34. The van der Waals surface area contributed by atoms with Crippen LogP contribution in [0.4, 0.5) is 5.00 Å². The fraction of sp³-hybridized carbons (Fsp3) is 0.462. The molecule has 2 aromatic heterocycles. The number of thiophene rings is 1. The van der Waals surface area contributed by atoms with Gasteiger partial charge in [0.25, 0.3) is 5.03 Å². The van der Waals surface area contributed by atoms with E-state index >= 15 is 0 Å². The lowest BCUT2D eigenvalue weighted by molar-refractivity contribution is -0.705. The normalized spacial score (nSPS) is 15.2. The number of carbonyl (C=O) groups is 2. The summed E-state index contributed by atoms with van der Waals surface area (Å²) in [6.07, 6.45) is 2.62. The number of amides is 1. The Morgan fingerprint density at radius 1 is 1.30 bits per heavy atom. The molecule has 1 atom stereocenters. The van der Waals surface area contributed by atoms with Crippen molar-refractivity contribution in [3.8, 4) is 17.4 Å². The molecule has 1 aliphatic rings. The van der Waals surface area contributed by atoms with Crippen molar-refractivity contribution >= 4 is 40.0 Å². The van der Waals surface area contributed by atoms with Crippen LogP contribution >= 0.6 is 23.1 Å². The lowest BCUT2D eigenvalue weighted by Gasteiger charge is -2.33. The molecule has 0 spiro atoms. The summed E-state index contributed by atoms with van der Waals surface area (Å²) in [7, 11) is 1.56. The Bertz CT molecular complexity index is 1280. The van der Waals surface area contributed by atoms with Gasteiger partial charge in [-0.2, -0.15) is 0 Å². The molecular weight excluding hydrogens is 514 g/mol. The molecule has 4 rings (SSSR count). The maximum atomic E-state index is 13.0. The lowest BCUT2D eigenvalue weighted by atomic mass is 9.72. The first-order chi connectivity index (χ1) is 17.6. The Morgan fingerprint density at radius 3 is 2.68 bits per heavy atom. The van der Waals surface area contributed by atoms with Crippen LogP contribution in [0.5, 0.6) is 11.7 Å². The molecule has 1 amide bonds. The largest absolute Gasteiger partial charge is 0.538 e. The number of thioether (sulfide) groups is 1. The number of hydrogen-bond acceptors (Lipinski definition) is 9. The van der Waals surface area contributed by atoms with Crippen LogP contribution in [-0.4, -0.2) is 36.6 Å². The van der Waals surface area contributed by atoms with Gasteiger partial charge in [0.05, 0.1) is 30.3 Å². The van der Waals surface area contributed by atoms with Crippen LogP contribution < -0.4 is 19.8 Å². The van der Waals surface area contributed by atoms with E-state index in [4.69, 9.17) is 14.0 Å². The number of nitrogens with zero attached hydrogens (tertiary/aromatic N) is 2. The van der Waals surface area contributed by atoms with E-state index in [0.717, 1.165) is 41.5 Å². The zero-order chi connectivity index (χ0) is 26.7. The molecule has 1 unspecified atom stereocenters. The van der Waals surface area contributed by atoms with Crippen LogP contribution in [0.1, 0.15) is 54.9 Å². The lowest BCUT2D eigenvalue weighted by Crippen LogP contribution is -2.35. The highest BCUT2D eigenvalue weighted by atomic mass is 32.2. The zero-order valence-electron chi connectivity index (χ0n) is 21.6. The molecule has 0 saturated carbocycles. The first-order valence-corrected chi connectivity index (χ1v) is 13.9. The fourth-order valence-corrected chi connectivity index (χ4v) is 6.47. The highest BCUT2D eigenvalue weighted by Crippen LogP contribution is 2.44. The van der Waals surface area contributed by atoms with E-state index in [9.17, 15) is 14.7 Å². The molecular formula is C26H31N3O6S2. The van der Waals surface area contributed by atoms with Crippen LogP contribution in [-0.2, 0) is 22.4 Å². The first-order valence-electron chi connectivity index (χ1n) is 12.1. The average molecular weight is 546 g/mol. The number of ether oxygens (including phenoxy) is 2. The van der Waals surface area contributed by atoms with Crippen molar-refractivity contribution in [1.29, 1.82) is 0 Å². The van der Waals surface area contributed by atoms with Crippen LogP contribution in [0.2, 0.25) is 0 Å². The molecule has 0 saturated heterocycles. The van der Waals surface area contributed by atoms with E-state index in [1.165, 1.54) is 16.0 Å².